The lowest BCUT2D eigenvalue weighted by Gasteiger charge is -2.38. The van der Waals surface area contributed by atoms with Gasteiger partial charge in [0.15, 0.2) is 5.82 Å². The molecular weight excluding hydrogens is 789 g/mol. The molecule has 1 aliphatic heterocycles. The monoisotopic (exact) mass is 827 g/mol. The van der Waals surface area contributed by atoms with Crippen molar-refractivity contribution < 1.29 is 24.2 Å². The fourth-order valence-corrected chi connectivity index (χ4v) is 8.27. The highest BCUT2D eigenvalue weighted by Gasteiger charge is 2.30. The molecular formula is C42H40Cl3N7O5. The number of pyridine rings is 1. The number of carbonyl (C=O) groups is 3. The summed E-state index contributed by atoms with van der Waals surface area (Å²) in [5.74, 6) is -1.22. The van der Waals surface area contributed by atoms with Crippen LogP contribution in [0.5, 0.6) is 0 Å². The molecule has 7 rings (SSSR count). The summed E-state index contributed by atoms with van der Waals surface area (Å²) >= 11 is 19.5. The summed E-state index contributed by atoms with van der Waals surface area (Å²) in [6.45, 7) is 4.86. The molecule has 0 radical (unpaired) electrons. The van der Waals surface area contributed by atoms with E-state index < -0.39 is 11.9 Å². The number of nitrogens with zero attached hydrogens (tertiary/aromatic N) is 5. The largest absolute Gasteiger partial charge is 0.478 e. The number of hydrogen-bond acceptors (Lipinski definition) is 8. The first-order valence-corrected chi connectivity index (χ1v) is 19.6. The number of H-pyrrole nitrogens is 1. The average molecular weight is 829 g/mol. The summed E-state index contributed by atoms with van der Waals surface area (Å²) in [5, 5.41) is 15.2. The van der Waals surface area contributed by atoms with Gasteiger partial charge in [0.25, 0.3) is 12.4 Å². The fraction of sp³-hybridized carbons (Fsp3) is 0.262. The smallest absolute Gasteiger partial charge is 0.337 e. The maximum absolute atomic E-state index is 14.8. The van der Waals surface area contributed by atoms with Gasteiger partial charge >= 0.3 is 5.97 Å². The normalized spacial score (nSPS) is 13.9. The number of carboxylic acids is 1. The highest BCUT2D eigenvalue weighted by atomic mass is 35.5. The highest BCUT2D eigenvalue weighted by Crippen LogP contribution is 2.42. The van der Waals surface area contributed by atoms with Gasteiger partial charge in [0.05, 0.1) is 41.6 Å². The fourth-order valence-electron chi connectivity index (χ4n) is 7.54. The molecule has 0 bridgehead atoms. The minimum atomic E-state index is -1.17. The summed E-state index contributed by atoms with van der Waals surface area (Å²) in [6, 6.07) is 21.8. The molecule has 3 aromatic heterocycles. The van der Waals surface area contributed by atoms with Crippen molar-refractivity contribution in [3.05, 3.63) is 117 Å². The van der Waals surface area contributed by atoms with E-state index in [4.69, 9.17) is 44.5 Å². The Bertz CT molecular complexity index is 2430. The lowest BCUT2D eigenvalue weighted by atomic mass is 9.99. The van der Waals surface area contributed by atoms with Crippen LogP contribution < -0.4 is 10.2 Å². The van der Waals surface area contributed by atoms with E-state index in [-0.39, 0.29) is 23.0 Å². The molecule has 0 spiro atoms. The number of ether oxygens (including phenoxy) is 1. The number of aromatic nitrogens is 4. The van der Waals surface area contributed by atoms with E-state index in [1.54, 1.807) is 30.6 Å². The molecule has 0 saturated carbocycles. The molecule has 4 heterocycles. The number of carbonyl (C=O) groups excluding carboxylic acids is 2. The van der Waals surface area contributed by atoms with Gasteiger partial charge in [-0.25, -0.2) is 14.8 Å². The molecule has 15 heteroatoms. The lowest BCUT2D eigenvalue weighted by Crippen LogP contribution is -2.44. The van der Waals surface area contributed by atoms with Gasteiger partial charge in [-0.1, -0.05) is 77.3 Å². The zero-order chi connectivity index (χ0) is 40.2. The second-order valence-electron chi connectivity index (χ2n) is 14.0. The van der Waals surface area contributed by atoms with Crippen molar-refractivity contribution in [3.8, 4) is 22.5 Å². The van der Waals surface area contributed by atoms with Crippen molar-refractivity contribution >= 4 is 75.6 Å². The van der Waals surface area contributed by atoms with Crippen LogP contribution in [0.2, 0.25) is 15.1 Å². The quantitative estimate of drug-likeness (QED) is 0.0723. The van der Waals surface area contributed by atoms with Crippen molar-refractivity contribution in [2.45, 2.75) is 38.3 Å². The number of hydrogen-bond donors (Lipinski definition) is 3. The van der Waals surface area contributed by atoms with Gasteiger partial charge in [0.1, 0.15) is 5.69 Å². The second kappa shape index (κ2) is 17.4. The second-order valence-corrected chi connectivity index (χ2v) is 15.3. The summed E-state index contributed by atoms with van der Waals surface area (Å²) in [6.07, 6.45) is 5.41. The van der Waals surface area contributed by atoms with Crippen molar-refractivity contribution in [1.29, 1.82) is 0 Å². The summed E-state index contributed by atoms with van der Waals surface area (Å²) < 4.78 is 6.83. The number of anilines is 2. The number of fused-ring (bicyclic) bond motifs is 1. The molecule has 6 aromatic rings. The maximum Gasteiger partial charge on any atom is 0.337 e. The number of aromatic amines is 1. The molecule has 1 amide bonds. The van der Waals surface area contributed by atoms with E-state index in [2.05, 4.69) is 32.1 Å². The van der Waals surface area contributed by atoms with Gasteiger partial charge in [-0.2, -0.15) is 0 Å². The minimum Gasteiger partial charge on any atom is -0.478 e. The SMILES string of the molecule is CC(c1ccc(Cl)cc1Cl)n1cnc(-c2ccccc2)c1-c1c(C(=O)Nc2cc(C(=O)O)cnc2N2CCC(N(C)CCCOC=O)CC2)[nH]c2cc(Cl)ccc12. The molecule has 1 saturated heterocycles. The molecule has 1 atom stereocenters. The van der Waals surface area contributed by atoms with Gasteiger partial charge in [-0.3, -0.25) is 9.59 Å². The van der Waals surface area contributed by atoms with E-state index in [1.165, 1.54) is 12.3 Å². The Morgan fingerprint density at radius 3 is 2.49 bits per heavy atom. The van der Waals surface area contributed by atoms with Crippen LogP contribution in [-0.2, 0) is 9.53 Å². The van der Waals surface area contributed by atoms with Crippen LogP contribution in [0.1, 0.15) is 58.6 Å². The first kappa shape index (κ1) is 39.8. The van der Waals surface area contributed by atoms with Gasteiger partial charge in [0, 0.05) is 69.0 Å². The third-order valence-corrected chi connectivity index (χ3v) is 11.3. The summed E-state index contributed by atoms with van der Waals surface area (Å²) in [4.78, 5) is 54.7. The first-order valence-electron chi connectivity index (χ1n) is 18.5. The standard InChI is InChI=1S/C42H40Cl3N7O5/c1-25(31-11-9-28(43)20-33(31)45)52-23-47-37(26-7-4-3-5-8-26)39(52)36-32-12-10-29(44)21-34(32)48-38(36)41(54)49-35-19-27(42(55)56)22-46-40(35)51-16-13-30(14-17-51)50(2)15-6-18-57-24-53/h3-5,7-12,19-25,30,48H,6,13-18H2,1-2H3,(H,49,54)(H,55,56). The van der Waals surface area contributed by atoms with Crippen LogP contribution in [0.3, 0.4) is 0 Å². The van der Waals surface area contributed by atoms with Crippen LogP contribution in [0.25, 0.3) is 33.4 Å². The molecule has 1 aliphatic rings. The Morgan fingerprint density at radius 1 is 1.04 bits per heavy atom. The number of amides is 1. The molecule has 1 fully saturated rings. The maximum atomic E-state index is 14.8. The highest BCUT2D eigenvalue weighted by molar-refractivity contribution is 6.35. The zero-order valence-corrected chi connectivity index (χ0v) is 33.5. The Hall–Kier alpha value is -5.40. The predicted octanol–water partition coefficient (Wildman–Crippen LogP) is 9.08. The number of carboxylic acid groups (broad SMARTS) is 1. The zero-order valence-electron chi connectivity index (χ0n) is 31.2. The van der Waals surface area contributed by atoms with Crippen LogP contribution >= 0.6 is 34.8 Å². The Balaban J connectivity index is 1.29. The molecule has 294 valence electrons. The summed E-state index contributed by atoms with van der Waals surface area (Å²) in [5.41, 5.74) is 4.52. The van der Waals surface area contributed by atoms with E-state index in [0.717, 1.165) is 42.3 Å². The third-order valence-electron chi connectivity index (χ3n) is 10.5. The van der Waals surface area contributed by atoms with Gasteiger partial charge in [-0.15, -0.1) is 0 Å². The molecule has 0 aliphatic carbocycles. The molecule has 57 heavy (non-hydrogen) atoms. The Kier molecular flexibility index (Phi) is 12.2. The van der Waals surface area contributed by atoms with Crippen molar-refractivity contribution in [1.82, 2.24) is 24.4 Å². The van der Waals surface area contributed by atoms with E-state index in [9.17, 15) is 19.5 Å². The van der Waals surface area contributed by atoms with Gasteiger partial charge in [-0.05, 0) is 69.1 Å². The number of benzene rings is 3. The predicted molar refractivity (Wildman–Crippen MR) is 224 cm³/mol. The first-order chi connectivity index (χ1) is 27.5. The van der Waals surface area contributed by atoms with Crippen molar-refractivity contribution in [2.75, 3.05) is 43.5 Å². The molecule has 12 nitrogen and oxygen atoms in total. The minimum absolute atomic E-state index is 0.0667. The molecule has 1 unspecified atom stereocenters. The average Bonchev–Trinajstić information content (AvgIpc) is 3.81. The van der Waals surface area contributed by atoms with E-state index in [1.807, 2.05) is 54.0 Å². The van der Waals surface area contributed by atoms with Crippen LogP contribution in [0.15, 0.2) is 85.3 Å². The lowest BCUT2D eigenvalue weighted by molar-refractivity contribution is -0.128. The molecule has 3 N–H and O–H groups in total. The van der Waals surface area contributed by atoms with E-state index >= 15 is 0 Å². The topological polar surface area (TPSA) is 146 Å². The van der Waals surface area contributed by atoms with Crippen LogP contribution in [-0.4, -0.2) is 87.2 Å². The third kappa shape index (κ3) is 8.50. The van der Waals surface area contributed by atoms with E-state index in [0.29, 0.717) is 75.6 Å². The van der Waals surface area contributed by atoms with Gasteiger partial charge in [0.2, 0.25) is 0 Å². The number of piperidine rings is 1. The van der Waals surface area contributed by atoms with Crippen molar-refractivity contribution in [2.24, 2.45) is 0 Å². The van der Waals surface area contributed by atoms with Crippen LogP contribution in [0, 0.1) is 0 Å². The Morgan fingerprint density at radius 2 is 1.77 bits per heavy atom. The Labute approximate surface area is 344 Å². The van der Waals surface area contributed by atoms with Gasteiger partial charge < -0.3 is 34.5 Å². The molecule has 3 aromatic carbocycles. The number of aromatic carboxylic acids is 1. The number of imidazole rings is 1. The number of nitrogens with one attached hydrogen (secondary N) is 2. The summed E-state index contributed by atoms with van der Waals surface area (Å²) in [7, 11) is 2.05. The van der Waals surface area contributed by atoms with Crippen molar-refractivity contribution in [3.63, 3.8) is 0 Å². The number of rotatable bonds is 14. The number of halogens is 3. The van der Waals surface area contributed by atoms with Crippen LogP contribution in [0.4, 0.5) is 11.5 Å².